The van der Waals surface area contributed by atoms with Gasteiger partial charge in [0.25, 0.3) is 0 Å². The van der Waals surface area contributed by atoms with Gasteiger partial charge in [0.1, 0.15) is 5.54 Å². The normalized spacial score (nSPS) is 28.0. The molecule has 0 unspecified atom stereocenters. The lowest BCUT2D eigenvalue weighted by atomic mass is 9.67. The van der Waals surface area contributed by atoms with E-state index in [4.69, 9.17) is 0 Å². The standard InChI is InChI=1S/C16H24N2S/c1-15(2,3)13-6-8-16(12-17,9-7-13)18-11-14-5-4-10-19-14/h4-5,10,13,18H,6-9,11H2,1-3H3. The van der Waals surface area contributed by atoms with Gasteiger partial charge in [-0.2, -0.15) is 5.26 Å². The van der Waals surface area contributed by atoms with Crippen molar-refractivity contribution in [3.8, 4) is 6.07 Å². The van der Waals surface area contributed by atoms with E-state index in [0.717, 1.165) is 38.1 Å². The lowest BCUT2D eigenvalue weighted by Crippen LogP contribution is -2.47. The molecule has 19 heavy (non-hydrogen) atoms. The van der Waals surface area contributed by atoms with Gasteiger partial charge in [-0.1, -0.05) is 26.8 Å². The summed E-state index contributed by atoms with van der Waals surface area (Å²) in [7, 11) is 0. The summed E-state index contributed by atoms with van der Waals surface area (Å²) in [5.74, 6) is 0.748. The zero-order valence-corrected chi connectivity index (χ0v) is 13.0. The van der Waals surface area contributed by atoms with Crippen molar-refractivity contribution in [1.82, 2.24) is 5.32 Å². The molecule has 1 heterocycles. The summed E-state index contributed by atoms with van der Waals surface area (Å²) in [4.78, 5) is 1.31. The average Bonchev–Trinajstić information content (AvgIpc) is 2.89. The van der Waals surface area contributed by atoms with E-state index >= 15 is 0 Å². The van der Waals surface area contributed by atoms with Gasteiger partial charge in [0.05, 0.1) is 6.07 Å². The van der Waals surface area contributed by atoms with Crippen molar-refractivity contribution in [1.29, 1.82) is 5.26 Å². The van der Waals surface area contributed by atoms with Gasteiger partial charge in [0, 0.05) is 11.4 Å². The minimum Gasteiger partial charge on any atom is -0.294 e. The first kappa shape index (κ1) is 14.6. The molecule has 2 nitrogen and oxygen atoms in total. The Kier molecular flexibility index (Phi) is 4.32. The van der Waals surface area contributed by atoms with E-state index in [1.807, 2.05) is 0 Å². The quantitative estimate of drug-likeness (QED) is 0.891. The minimum atomic E-state index is -0.300. The fourth-order valence-corrected chi connectivity index (χ4v) is 3.62. The number of rotatable bonds is 3. The summed E-state index contributed by atoms with van der Waals surface area (Å²) < 4.78 is 0. The van der Waals surface area contributed by atoms with Crippen molar-refractivity contribution in [3.63, 3.8) is 0 Å². The summed E-state index contributed by atoms with van der Waals surface area (Å²) in [6.45, 7) is 7.77. The van der Waals surface area contributed by atoms with Crippen molar-refractivity contribution >= 4 is 11.3 Å². The molecule has 1 aliphatic carbocycles. The lowest BCUT2D eigenvalue weighted by molar-refractivity contribution is 0.138. The molecule has 0 atom stereocenters. The Bertz CT molecular complexity index is 428. The van der Waals surface area contributed by atoms with E-state index < -0.39 is 0 Å². The molecule has 1 N–H and O–H groups in total. The molecular weight excluding hydrogens is 252 g/mol. The second kappa shape index (κ2) is 5.64. The first-order valence-electron chi connectivity index (χ1n) is 7.14. The Labute approximate surface area is 120 Å². The molecule has 1 saturated carbocycles. The van der Waals surface area contributed by atoms with E-state index in [9.17, 15) is 5.26 Å². The molecule has 3 heteroatoms. The third-order valence-electron chi connectivity index (χ3n) is 4.46. The lowest BCUT2D eigenvalue weighted by Gasteiger charge is -2.41. The molecule has 0 amide bonds. The van der Waals surface area contributed by atoms with Crippen LogP contribution < -0.4 is 5.32 Å². The monoisotopic (exact) mass is 276 g/mol. The van der Waals surface area contributed by atoms with Crippen LogP contribution in [0.2, 0.25) is 0 Å². The smallest absolute Gasteiger partial charge is 0.107 e. The van der Waals surface area contributed by atoms with Gasteiger partial charge in [0.2, 0.25) is 0 Å². The van der Waals surface area contributed by atoms with Crippen molar-refractivity contribution in [2.24, 2.45) is 11.3 Å². The van der Waals surface area contributed by atoms with Gasteiger partial charge >= 0.3 is 0 Å². The van der Waals surface area contributed by atoms with Crippen LogP contribution in [0.4, 0.5) is 0 Å². The second-order valence-corrected chi connectivity index (χ2v) is 7.80. The molecule has 1 aliphatic rings. The van der Waals surface area contributed by atoms with Crippen LogP contribution in [0.3, 0.4) is 0 Å². The highest BCUT2D eigenvalue weighted by Gasteiger charge is 2.38. The Balaban J connectivity index is 1.93. The van der Waals surface area contributed by atoms with E-state index in [-0.39, 0.29) is 5.54 Å². The zero-order valence-electron chi connectivity index (χ0n) is 12.2. The first-order valence-corrected chi connectivity index (χ1v) is 8.02. The topological polar surface area (TPSA) is 35.8 Å². The predicted octanol–water partition coefficient (Wildman–Crippen LogP) is 4.34. The molecule has 0 radical (unpaired) electrons. The van der Waals surface area contributed by atoms with Gasteiger partial charge in [-0.15, -0.1) is 11.3 Å². The van der Waals surface area contributed by atoms with Crippen LogP contribution in [0, 0.1) is 22.7 Å². The molecule has 0 aromatic carbocycles. The SMILES string of the molecule is CC(C)(C)C1CCC(C#N)(NCc2cccs2)CC1. The third-order valence-corrected chi connectivity index (χ3v) is 5.34. The van der Waals surface area contributed by atoms with Gasteiger partial charge in [0.15, 0.2) is 0 Å². The van der Waals surface area contributed by atoms with Crippen LogP contribution in [0.1, 0.15) is 51.3 Å². The Hall–Kier alpha value is -0.850. The number of hydrogen-bond donors (Lipinski definition) is 1. The molecule has 2 rings (SSSR count). The molecule has 0 saturated heterocycles. The number of thiophene rings is 1. The molecule has 104 valence electrons. The van der Waals surface area contributed by atoms with Crippen LogP contribution >= 0.6 is 11.3 Å². The van der Waals surface area contributed by atoms with Crippen LogP contribution in [-0.4, -0.2) is 5.54 Å². The maximum Gasteiger partial charge on any atom is 0.107 e. The van der Waals surface area contributed by atoms with Gasteiger partial charge in [-0.05, 0) is 48.5 Å². The molecule has 0 bridgehead atoms. The largest absolute Gasteiger partial charge is 0.294 e. The molecule has 0 aliphatic heterocycles. The molecular formula is C16H24N2S. The molecule has 0 spiro atoms. The first-order chi connectivity index (χ1) is 8.95. The fourth-order valence-electron chi connectivity index (χ4n) is 2.97. The maximum atomic E-state index is 9.55. The average molecular weight is 276 g/mol. The molecule has 1 fully saturated rings. The Morgan fingerprint density at radius 1 is 1.42 bits per heavy atom. The van der Waals surface area contributed by atoms with Crippen LogP contribution in [0.25, 0.3) is 0 Å². The molecule has 1 aromatic rings. The number of nitriles is 1. The summed E-state index contributed by atoms with van der Waals surface area (Å²) in [6, 6.07) is 6.74. The summed E-state index contributed by atoms with van der Waals surface area (Å²) in [6.07, 6.45) is 4.29. The minimum absolute atomic E-state index is 0.300. The van der Waals surface area contributed by atoms with Gasteiger partial charge in [-0.3, -0.25) is 5.32 Å². The third kappa shape index (κ3) is 3.58. The highest BCUT2D eigenvalue weighted by atomic mass is 32.1. The fraction of sp³-hybridized carbons (Fsp3) is 0.688. The highest BCUT2D eigenvalue weighted by molar-refractivity contribution is 7.09. The number of hydrogen-bond acceptors (Lipinski definition) is 3. The van der Waals surface area contributed by atoms with Crippen molar-refractivity contribution in [3.05, 3.63) is 22.4 Å². The van der Waals surface area contributed by atoms with Crippen LogP contribution in [0.5, 0.6) is 0 Å². The number of nitrogens with zero attached hydrogens (tertiary/aromatic N) is 1. The molecule has 1 aromatic heterocycles. The van der Waals surface area contributed by atoms with E-state index in [1.54, 1.807) is 11.3 Å². The van der Waals surface area contributed by atoms with E-state index in [1.165, 1.54) is 4.88 Å². The zero-order chi connectivity index (χ0) is 13.9. The summed E-state index contributed by atoms with van der Waals surface area (Å²) in [5.41, 5.74) is 0.0705. The van der Waals surface area contributed by atoms with E-state index in [0.29, 0.717) is 5.41 Å². The van der Waals surface area contributed by atoms with Crippen molar-refractivity contribution in [2.75, 3.05) is 0 Å². The van der Waals surface area contributed by atoms with E-state index in [2.05, 4.69) is 49.7 Å². The van der Waals surface area contributed by atoms with Crippen molar-refractivity contribution in [2.45, 2.75) is 58.5 Å². The van der Waals surface area contributed by atoms with Gasteiger partial charge < -0.3 is 0 Å². The Morgan fingerprint density at radius 2 is 2.11 bits per heavy atom. The van der Waals surface area contributed by atoms with Gasteiger partial charge in [-0.25, -0.2) is 0 Å². The predicted molar refractivity (Wildman–Crippen MR) is 80.9 cm³/mol. The summed E-state index contributed by atoms with van der Waals surface area (Å²) in [5, 5.41) is 15.1. The summed E-state index contributed by atoms with van der Waals surface area (Å²) >= 11 is 1.75. The maximum absolute atomic E-state index is 9.55. The van der Waals surface area contributed by atoms with Crippen LogP contribution in [-0.2, 0) is 6.54 Å². The van der Waals surface area contributed by atoms with Crippen LogP contribution in [0.15, 0.2) is 17.5 Å². The highest BCUT2D eigenvalue weighted by Crippen LogP contribution is 2.41. The second-order valence-electron chi connectivity index (χ2n) is 6.77. The number of nitrogens with one attached hydrogen (secondary N) is 1. The Morgan fingerprint density at radius 3 is 2.58 bits per heavy atom. The van der Waals surface area contributed by atoms with Crippen molar-refractivity contribution < 1.29 is 0 Å².